The smallest absolute Gasteiger partial charge is 0.224 e. The van der Waals surface area contributed by atoms with Crippen LogP contribution in [0.5, 0.6) is 0 Å². The minimum atomic E-state index is -0.259. The van der Waals surface area contributed by atoms with E-state index in [0.717, 1.165) is 16.8 Å². The first-order valence-electron chi connectivity index (χ1n) is 5.43. The summed E-state index contributed by atoms with van der Waals surface area (Å²) in [5.41, 5.74) is 8.13. The van der Waals surface area contributed by atoms with Crippen molar-refractivity contribution in [2.24, 2.45) is 5.73 Å². The van der Waals surface area contributed by atoms with Crippen LogP contribution in [0.25, 0.3) is 0 Å². The Kier molecular flexibility index (Phi) is 2.92. The molecule has 0 radical (unpaired) electrons. The highest BCUT2D eigenvalue weighted by Crippen LogP contribution is 2.28. The summed E-state index contributed by atoms with van der Waals surface area (Å²) in [7, 11) is 0. The molecule has 1 atom stereocenters. The Morgan fingerprint density at radius 1 is 1.50 bits per heavy atom. The standard InChI is InChI=1S/C12H15FN2O/c1-7(14)4-9-6-10(13)5-8-2-3-11(16)15-12(8)9/h5-7H,2-4,14H2,1H3,(H,15,16). The largest absolute Gasteiger partial charge is 0.328 e. The molecule has 1 aromatic rings. The van der Waals surface area contributed by atoms with E-state index in [1.807, 2.05) is 6.92 Å². The van der Waals surface area contributed by atoms with E-state index >= 15 is 0 Å². The maximum Gasteiger partial charge on any atom is 0.224 e. The van der Waals surface area contributed by atoms with Crippen molar-refractivity contribution in [3.05, 3.63) is 29.1 Å². The molecule has 1 heterocycles. The van der Waals surface area contributed by atoms with Crippen molar-refractivity contribution in [1.29, 1.82) is 0 Å². The Morgan fingerprint density at radius 2 is 2.25 bits per heavy atom. The van der Waals surface area contributed by atoms with Gasteiger partial charge in [-0.2, -0.15) is 0 Å². The van der Waals surface area contributed by atoms with Gasteiger partial charge in [0.2, 0.25) is 5.91 Å². The van der Waals surface area contributed by atoms with E-state index in [-0.39, 0.29) is 17.8 Å². The summed E-state index contributed by atoms with van der Waals surface area (Å²) in [6, 6.07) is 2.89. The normalized spacial score (nSPS) is 16.6. The van der Waals surface area contributed by atoms with E-state index in [4.69, 9.17) is 5.73 Å². The number of carbonyl (C=O) groups is 1. The van der Waals surface area contributed by atoms with E-state index in [9.17, 15) is 9.18 Å². The van der Waals surface area contributed by atoms with E-state index in [0.29, 0.717) is 19.3 Å². The van der Waals surface area contributed by atoms with Crippen LogP contribution in [0.2, 0.25) is 0 Å². The molecule has 3 N–H and O–H groups in total. The maximum absolute atomic E-state index is 13.3. The zero-order chi connectivity index (χ0) is 11.7. The lowest BCUT2D eigenvalue weighted by molar-refractivity contribution is -0.116. The molecule has 0 spiro atoms. The molecule has 0 bridgehead atoms. The number of hydrogen-bond donors (Lipinski definition) is 2. The molecular weight excluding hydrogens is 207 g/mol. The van der Waals surface area contributed by atoms with Crippen molar-refractivity contribution >= 4 is 11.6 Å². The van der Waals surface area contributed by atoms with Crippen LogP contribution in [0.3, 0.4) is 0 Å². The number of benzene rings is 1. The highest BCUT2D eigenvalue weighted by Gasteiger charge is 2.19. The van der Waals surface area contributed by atoms with Gasteiger partial charge in [0.25, 0.3) is 0 Å². The molecule has 0 saturated carbocycles. The number of nitrogens with two attached hydrogens (primary N) is 1. The Bertz CT molecular complexity index is 429. The van der Waals surface area contributed by atoms with Gasteiger partial charge in [-0.05, 0) is 43.0 Å². The lowest BCUT2D eigenvalue weighted by Crippen LogP contribution is -2.24. The molecule has 1 aliphatic rings. The third-order valence-corrected chi connectivity index (χ3v) is 2.69. The van der Waals surface area contributed by atoms with Gasteiger partial charge in [-0.3, -0.25) is 4.79 Å². The SMILES string of the molecule is CC(N)Cc1cc(F)cc2c1NC(=O)CC2. The molecule has 3 nitrogen and oxygen atoms in total. The second-order valence-corrected chi connectivity index (χ2v) is 4.33. The highest BCUT2D eigenvalue weighted by atomic mass is 19.1. The van der Waals surface area contributed by atoms with E-state index in [1.54, 1.807) is 0 Å². The quantitative estimate of drug-likeness (QED) is 0.798. The fraction of sp³-hybridized carbons (Fsp3) is 0.417. The number of nitrogens with one attached hydrogen (secondary N) is 1. The average Bonchev–Trinajstić information content (AvgIpc) is 2.18. The molecule has 0 saturated heterocycles. The number of carbonyl (C=O) groups excluding carboxylic acids is 1. The van der Waals surface area contributed by atoms with Gasteiger partial charge in [-0.25, -0.2) is 4.39 Å². The lowest BCUT2D eigenvalue weighted by atomic mass is 9.95. The summed E-state index contributed by atoms with van der Waals surface area (Å²) in [6.07, 6.45) is 1.60. The average molecular weight is 222 g/mol. The lowest BCUT2D eigenvalue weighted by Gasteiger charge is -2.21. The van der Waals surface area contributed by atoms with Gasteiger partial charge < -0.3 is 11.1 Å². The summed E-state index contributed by atoms with van der Waals surface area (Å²) in [5, 5.41) is 2.80. The summed E-state index contributed by atoms with van der Waals surface area (Å²) in [4.78, 5) is 11.3. The van der Waals surface area contributed by atoms with E-state index in [1.165, 1.54) is 12.1 Å². The van der Waals surface area contributed by atoms with Crippen molar-refractivity contribution in [3.63, 3.8) is 0 Å². The van der Waals surface area contributed by atoms with Gasteiger partial charge in [-0.15, -0.1) is 0 Å². The minimum absolute atomic E-state index is 0.00923. The van der Waals surface area contributed by atoms with Crippen LogP contribution in [-0.4, -0.2) is 11.9 Å². The molecule has 86 valence electrons. The van der Waals surface area contributed by atoms with Crippen molar-refractivity contribution < 1.29 is 9.18 Å². The summed E-state index contributed by atoms with van der Waals surface area (Å²) in [5.74, 6) is -0.268. The number of fused-ring (bicyclic) bond motifs is 1. The maximum atomic E-state index is 13.3. The van der Waals surface area contributed by atoms with Crippen molar-refractivity contribution in [2.45, 2.75) is 32.2 Å². The van der Waals surface area contributed by atoms with Crippen LogP contribution in [0.4, 0.5) is 10.1 Å². The van der Waals surface area contributed by atoms with Gasteiger partial charge in [0.15, 0.2) is 0 Å². The van der Waals surface area contributed by atoms with Gasteiger partial charge in [0.1, 0.15) is 5.82 Å². The first kappa shape index (κ1) is 11.1. The molecule has 0 aliphatic carbocycles. The number of rotatable bonds is 2. The van der Waals surface area contributed by atoms with Gasteiger partial charge in [0, 0.05) is 18.2 Å². The zero-order valence-corrected chi connectivity index (χ0v) is 9.22. The number of aryl methyl sites for hydroxylation is 1. The first-order chi connectivity index (χ1) is 7.56. The number of hydrogen-bond acceptors (Lipinski definition) is 2. The fourth-order valence-corrected chi connectivity index (χ4v) is 2.04. The second kappa shape index (κ2) is 4.22. The number of anilines is 1. The monoisotopic (exact) mass is 222 g/mol. The van der Waals surface area contributed by atoms with E-state index < -0.39 is 0 Å². The van der Waals surface area contributed by atoms with Crippen molar-refractivity contribution in [3.8, 4) is 0 Å². The molecule has 1 amide bonds. The molecule has 0 aromatic heterocycles. The van der Waals surface area contributed by atoms with Crippen LogP contribution >= 0.6 is 0 Å². The second-order valence-electron chi connectivity index (χ2n) is 4.33. The Balaban J connectivity index is 2.42. The summed E-state index contributed by atoms with van der Waals surface area (Å²) < 4.78 is 13.3. The molecule has 0 fully saturated rings. The Labute approximate surface area is 93.8 Å². The first-order valence-corrected chi connectivity index (χ1v) is 5.43. The molecule has 16 heavy (non-hydrogen) atoms. The Hall–Kier alpha value is -1.42. The number of halogens is 1. The van der Waals surface area contributed by atoms with Crippen LogP contribution < -0.4 is 11.1 Å². The molecule has 1 unspecified atom stereocenters. The summed E-state index contributed by atoms with van der Waals surface area (Å²) >= 11 is 0. The van der Waals surface area contributed by atoms with Crippen LogP contribution in [0.1, 0.15) is 24.5 Å². The third-order valence-electron chi connectivity index (χ3n) is 2.69. The van der Waals surface area contributed by atoms with Crippen LogP contribution in [0, 0.1) is 5.82 Å². The molecule has 1 aliphatic heterocycles. The van der Waals surface area contributed by atoms with Crippen LogP contribution in [-0.2, 0) is 17.6 Å². The molecular formula is C12H15FN2O. The van der Waals surface area contributed by atoms with Crippen molar-refractivity contribution in [2.75, 3.05) is 5.32 Å². The zero-order valence-electron chi connectivity index (χ0n) is 9.22. The topological polar surface area (TPSA) is 55.1 Å². The van der Waals surface area contributed by atoms with E-state index in [2.05, 4.69) is 5.32 Å². The predicted octanol–water partition coefficient (Wildman–Crippen LogP) is 1.60. The van der Waals surface area contributed by atoms with Gasteiger partial charge >= 0.3 is 0 Å². The van der Waals surface area contributed by atoms with Crippen molar-refractivity contribution in [1.82, 2.24) is 0 Å². The summed E-state index contributed by atoms with van der Waals surface area (Å²) in [6.45, 7) is 1.86. The molecule has 1 aromatic carbocycles. The van der Waals surface area contributed by atoms with Gasteiger partial charge in [-0.1, -0.05) is 0 Å². The van der Waals surface area contributed by atoms with Crippen LogP contribution in [0.15, 0.2) is 12.1 Å². The Morgan fingerprint density at radius 3 is 2.94 bits per heavy atom. The third kappa shape index (κ3) is 2.22. The predicted molar refractivity (Wildman–Crippen MR) is 60.7 cm³/mol. The minimum Gasteiger partial charge on any atom is -0.328 e. The fourth-order valence-electron chi connectivity index (χ4n) is 2.04. The molecule has 4 heteroatoms. The number of amides is 1. The molecule has 2 rings (SSSR count). The van der Waals surface area contributed by atoms with Gasteiger partial charge in [0.05, 0.1) is 0 Å². The highest BCUT2D eigenvalue weighted by molar-refractivity contribution is 5.94.